The Hall–Kier alpha value is -2.82. The molecule has 1 aliphatic heterocycles. The van der Waals surface area contributed by atoms with Gasteiger partial charge in [0.05, 0.1) is 11.4 Å². The molecule has 1 aliphatic rings. The second-order valence-corrected chi connectivity index (χ2v) is 5.96. The normalized spacial score (nSPS) is 13.9. The Morgan fingerprint density at radius 1 is 1.04 bits per heavy atom. The van der Waals surface area contributed by atoms with Crippen molar-refractivity contribution in [1.29, 1.82) is 0 Å². The SMILES string of the molecule is [2HH].[B]c1ccc(N2CCc3c(C)nn(-c4ccccc4)c3C2=O)cc1. The number of anilines is 1. The van der Waals surface area contributed by atoms with Gasteiger partial charge in [-0.05, 0) is 37.6 Å². The van der Waals surface area contributed by atoms with Gasteiger partial charge in [0, 0.05) is 19.2 Å². The number of benzene rings is 2. The van der Waals surface area contributed by atoms with E-state index in [0.717, 1.165) is 29.1 Å². The van der Waals surface area contributed by atoms with Gasteiger partial charge in [0.1, 0.15) is 13.5 Å². The predicted molar refractivity (Wildman–Crippen MR) is 97.6 cm³/mol. The largest absolute Gasteiger partial charge is 0.307 e. The van der Waals surface area contributed by atoms with Crippen molar-refractivity contribution in [1.82, 2.24) is 9.78 Å². The molecule has 4 nitrogen and oxygen atoms in total. The van der Waals surface area contributed by atoms with Crippen LogP contribution in [0.25, 0.3) is 5.69 Å². The molecule has 1 aromatic heterocycles. The van der Waals surface area contributed by atoms with E-state index in [2.05, 4.69) is 5.10 Å². The van der Waals surface area contributed by atoms with Crippen LogP contribution in [0.2, 0.25) is 0 Å². The van der Waals surface area contributed by atoms with Gasteiger partial charge < -0.3 is 4.90 Å². The first-order valence-electron chi connectivity index (χ1n) is 7.96. The van der Waals surface area contributed by atoms with Crippen LogP contribution in [0.4, 0.5) is 5.69 Å². The number of carbonyl (C=O) groups excluding carboxylic acids is 1. The molecule has 4 rings (SSSR count). The van der Waals surface area contributed by atoms with E-state index in [0.29, 0.717) is 17.7 Å². The fraction of sp³-hybridized carbons (Fsp3) is 0.158. The molecule has 24 heavy (non-hydrogen) atoms. The fourth-order valence-corrected chi connectivity index (χ4v) is 3.19. The van der Waals surface area contributed by atoms with Gasteiger partial charge in [-0.25, -0.2) is 4.68 Å². The lowest BCUT2D eigenvalue weighted by atomic mass is 9.96. The third-order valence-corrected chi connectivity index (χ3v) is 4.42. The van der Waals surface area contributed by atoms with Gasteiger partial charge in [0.25, 0.3) is 5.91 Å². The molecule has 5 heteroatoms. The maximum absolute atomic E-state index is 13.1. The highest BCUT2D eigenvalue weighted by atomic mass is 16.2. The Kier molecular flexibility index (Phi) is 3.49. The Morgan fingerprint density at radius 2 is 1.75 bits per heavy atom. The monoisotopic (exact) mass is 316 g/mol. The summed E-state index contributed by atoms with van der Waals surface area (Å²) < 4.78 is 1.76. The van der Waals surface area contributed by atoms with Crippen molar-refractivity contribution in [3.8, 4) is 5.69 Å². The summed E-state index contributed by atoms with van der Waals surface area (Å²) in [7, 11) is 5.75. The van der Waals surface area contributed by atoms with Crippen molar-refractivity contribution >= 4 is 24.9 Å². The minimum Gasteiger partial charge on any atom is -0.307 e. The van der Waals surface area contributed by atoms with Gasteiger partial charge in [-0.1, -0.05) is 35.8 Å². The second-order valence-electron chi connectivity index (χ2n) is 5.96. The number of hydrogen-bond acceptors (Lipinski definition) is 2. The van der Waals surface area contributed by atoms with E-state index in [1.54, 1.807) is 9.58 Å². The first-order chi connectivity index (χ1) is 11.6. The second kappa shape index (κ2) is 5.67. The Morgan fingerprint density at radius 3 is 2.46 bits per heavy atom. The van der Waals surface area contributed by atoms with Crippen LogP contribution >= 0.6 is 0 Å². The average Bonchev–Trinajstić information content (AvgIpc) is 2.95. The lowest BCUT2D eigenvalue weighted by molar-refractivity contribution is 0.0973. The summed E-state index contributed by atoms with van der Waals surface area (Å²) in [6.07, 6.45) is 0.796. The average molecular weight is 316 g/mol. The summed E-state index contributed by atoms with van der Waals surface area (Å²) in [4.78, 5) is 14.9. The number of rotatable bonds is 2. The lowest BCUT2D eigenvalue weighted by Crippen LogP contribution is -2.39. The number of fused-ring (bicyclic) bond motifs is 1. The number of aromatic nitrogens is 2. The molecule has 0 bridgehead atoms. The highest BCUT2D eigenvalue weighted by Crippen LogP contribution is 2.28. The highest BCUT2D eigenvalue weighted by Gasteiger charge is 2.31. The van der Waals surface area contributed by atoms with Gasteiger partial charge in [-0.15, -0.1) is 0 Å². The molecule has 0 atom stereocenters. The molecule has 0 saturated heterocycles. The molecule has 2 radical (unpaired) electrons. The van der Waals surface area contributed by atoms with Crippen molar-refractivity contribution in [2.24, 2.45) is 0 Å². The molecular formula is C19H18BN3O. The Balaban J connectivity index is 0.00000182. The topological polar surface area (TPSA) is 38.1 Å². The summed E-state index contributed by atoms with van der Waals surface area (Å²) >= 11 is 0. The molecule has 0 fully saturated rings. The zero-order valence-electron chi connectivity index (χ0n) is 13.4. The molecule has 0 N–H and O–H groups in total. The van der Waals surface area contributed by atoms with Gasteiger partial charge in [-0.3, -0.25) is 4.79 Å². The van der Waals surface area contributed by atoms with Crippen molar-refractivity contribution in [2.75, 3.05) is 11.4 Å². The number of amides is 1. The maximum Gasteiger partial charge on any atom is 0.277 e. The molecular weight excluding hydrogens is 297 g/mol. The van der Waals surface area contributed by atoms with Crippen LogP contribution in [0.3, 0.4) is 0 Å². The van der Waals surface area contributed by atoms with E-state index in [1.165, 1.54) is 0 Å². The van der Waals surface area contributed by atoms with Crippen LogP contribution in [0, 0.1) is 6.92 Å². The number of nitrogens with zero attached hydrogens (tertiary/aromatic N) is 3. The molecule has 0 saturated carbocycles. The Labute approximate surface area is 143 Å². The quantitative estimate of drug-likeness (QED) is 0.681. The first-order valence-corrected chi connectivity index (χ1v) is 7.96. The smallest absolute Gasteiger partial charge is 0.277 e. The van der Waals surface area contributed by atoms with E-state index in [9.17, 15) is 4.79 Å². The van der Waals surface area contributed by atoms with Crippen molar-refractivity contribution in [2.45, 2.75) is 13.3 Å². The number of hydrogen-bond donors (Lipinski definition) is 0. The van der Waals surface area contributed by atoms with E-state index in [-0.39, 0.29) is 7.33 Å². The predicted octanol–water partition coefficient (Wildman–Crippen LogP) is 2.42. The summed E-state index contributed by atoms with van der Waals surface area (Å²) in [5.41, 5.74) is 5.05. The van der Waals surface area contributed by atoms with Crippen LogP contribution in [-0.4, -0.2) is 30.1 Å². The van der Waals surface area contributed by atoms with Crippen LogP contribution < -0.4 is 10.4 Å². The van der Waals surface area contributed by atoms with E-state index in [4.69, 9.17) is 7.85 Å². The molecule has 3 aromatic rings. The van der Waals surface area contributed by atoms with Gasteiger partial charge >= 0.3 is 0 Å². The van der Waals surface area contributed by atoms with Crippen LogP contribution in [0.5, 0.6) is 0 Å². The van der Waals surface area contributed by atoms with E-state index < -0.39 is 0 Å². The number of carbonyl (C=O) groups is 1. The van der Waals surface area contributed by atoms with Crippen LogP contribution in [-0.2, 0) is 6.42 Å². The molecule has 0 aliphatic carbocycles. The standard InChI is InChI=1S/C19H16BN3O.H2/c1-13-17-11-12-22(15-9-7-14(20)8-10-15)19(24)18(17)23(21-13)16-5-3-2-4-6-16;/h2-10H,11-12H2,1H3;1H/i;1+1. The summed E-state index contributed by atoms with van der Waals surface area (Å²) in [5, 5.41) is 4.60. The maximum atomic E-state index is 13.1. The van der Waals surface area contributed by atoms with Crippen molar-refractivity contribution in [3.63, 3.8) is 0 Å². The van der Waals surface area contributed by atoms with E-state index in [1.807, 2.05) is 61.5 Å². The van der Waals surface area contributed by atoms with Gasteiger partial charge in [-0.2, -0.15) is 5.10 Å². The zero-order valence-corrected chi connectivity index (χ0v) is 13.4. The molecule has 0 spiro atoms. The fourth-order valence-electron chi connectivity index (χ4n) is 3.19. The van der Waals surface area contributed by atoms with E-state index >= 15 is 0 Å². The van der Waals surface area contributed by atoms with Gasteiger partial charge in [0.2, 0.25) is 0 Å². The van der Waals surface area contributed by atoms with Crippen LogP contribution in [0.15, 0.2) is 54.6 Å². The third-order valence-electron chi connectivity index (χ3n) is 4.42. The number of para-hydroxylation sites is 1. The molecule has 1 amide bonds. The highest BCUT2D eigenvalue weighted by molar-refractivity contribution is 6.32. The van der Waals surface area contributed by atoms with Crippen molar-refractivity contribution in [3.05, 3.63) is 71.5 Å². The first kappa shape index (κ1) is 14.8. The summed E-state index contributed by atoms with van der Waals surface area (Å²) in [6.45, 7) is 2.61. The van der Waals surface area contributed by atoms with Crippen molar-refractivity contribution < 1.29 is 6.22 Å². The molecule has 2 aromatic carbocycles. The van der Waals surface area contributed by atoms with Gasteiger partial charge in [0.15, 0.2) is 0 Å². The lowest BCUT2D eigenvalue weighted by Gasteiger charge is -2.28. The minimum absolute atomic E-state index is 0. The summed E-state index contributed by atoms with van der Waals surface area (Å²) in [6, 6.07) is 17.2. The molecule has 2 heterocycles. The number of aryl methyl sites for hydroxylation is 1. The minimum atomic E-state index is -0.0227. The molecule has 118 valence electrons. The molecule has 0 unspecified atom stereocenters. The third kappa shape index (κ3) is 2.33. The van der Waals surface area contributed by atoms with Crippen LogP contribution in [0.1, 0.15) is 23.2 Å². The Bertz CT molecular complexity index is 906. The summed E-state index contributed by atoms with van der Waals surface area (Å²) in [5.74, 6) is -0.0227. The zero-order chi connectivity index (χ0) is 16.7.